The zero-order valence-corrected chi connectivity index (χ0v) is 15.0. The number of aryl methyl sites for hydroxylation is 1. The first kappa shape index (κ1) is 16.5. The van der Waals surface area contributed by atoms with Crippen LogP contribution in [0.1, 0.15) is 17.8 Å². The summed E-state index contributed by atoms with van der Waals surface area (Å²) in [5, 5.41) is 4.99. The number of ether oxygens (including phenoxy) is 1. The Kier molecular flexibility index (Phi) is 4.49. The highest BCUT2D eigenvalue weighted by molar-refractivity contribution is 7.18. The van der Waals surface area contributed by atoms with Gasteiger partial charge in [-0.2, -0.15) is 0 Å². The Bertz CT molecular complexity index is 962. The Morgan fingerprint density at radius 3 is 3.15 bits per heavy atom. The lowest BCUT2D eigenvalue weighted by molar-refractivity contribution is 0.171. The summed E-state index contributed by atoms with van der Waals surface area (Å²) in [6.07, 6.45) is 5.77. The van der Waals surface area contributed by atoms with Crippen molar-refractivity contribution in [2.75, 3.05) is 13.2 Å². The van der Waals surface area contributed by atoms with Gasteiger partial charge in [-0.1, -0.05) is 17.8 Å². The molecule has 3 aromatic rings. The van der Waals surface area contributed by atoms with Gasteiger partial charge in [-0.3, -0.25) is 4.98 Å². The first-order valence-corrected chi connectivity index (χ1v) is 8.90. The SMILES string of the molecule is C=CCO/N=C1\CCOc2oc(-c3sc(-c4cccnc4)nc3C)nc21. The van der Waals surface area contributed by atoms with E-state index in [1.54, 1.807) is 18.5 Å². The minimum Gasteiger partial charge on any atom is -0.463 e. The molecule has 132 valence electrons. The molecule has 0 aromatic carbocycles. The van der Waals surface area contributed by atoms with E-state index < -0.39 is 0 Å². The Hall–Kier alpha value is -3.00. The fraction of sp³-hybridized carbons (Fsp3) is 0.222. The van der Waals surface area contributed by atoms with E-state index in [1.807, 2.05) is 19.1 Å². The van der Waals surface area contributed by atoms with Gasteiger partial charge in [0, 0.05) is 24.4 Å². The molecule has 0 aliphatic carbocycles. The molecule has 0 unspecified atom stereocenters. The standard InChI is InChI=1S/C18H16N4O3S/c1-3-8-24-22-13-6-9-23-18-14(13)21-16(25-18)15-11(2)20-17(26-15)12-5-4-7-19-10-12/h3-5,7,10H,1,6,8-9H2,2H3/b22-13+. The van der Waals surface area contributed by atoms with E-state index in [0.717, 1.165) is 21.1 Å². The molecule has 1 aliphatic heterocycles. The molecular weight excluding hydrogens is 352 g/mol. The zero-order chi connectivity index (χ0) is 17.9. The van der Waals surface area contributed by atoms with Crippen LogP contribution in [0, 0.1) is 6.92 Å². The average molecular weight is 368 g/mol. The van der Waals surface area contributed by atoms with E-state index in [1.165, 1.54) is 11.3 Å². The molecule has 0 atom stereocenters. The normalized spacial score (nSPS) is 14.7. The van der Waals surface area contributed by atoms with Crippen molar-refractivity contribution in [3.05, 3.63) is 48.6 Å². The minimum atomic E-state index is 0.340. The summed E-state index contributed by atoms with van der Waals surface area (Å²) >= 11 is 1.50. The molecule has 3 aromatic heterocycles. The van der Waals surface area contributed by atoms with E-state index in [4.69, 9.17) is 14.0 Å². The van der Waals surface area contributed by atoms with Crippen LogP contribution in [0.5, 0.6) is 5.95 Å². The van der Waals surface area contributed by atoms with Gasteiger partial charge in [0.15, 0.2) is 5.69 Å². The smallest absolute Gasteiger partial charge is 0.315 e. The van der Waals surface area contributed by atoms with Gasteiger partial charge in [-0.15, -0.1) is 11.3 Å². The molecule has 1 aliphatic rings. The number of thiazole rings is 1. The van der Waals surface area contributed by atoms with E-state index in [9.17, 15) is 0 Å². The van der Waals surface area contributed by atoms with Crippen molar-refractivity contribution < 1.29 is 14.0 Å². The van der Waals surface area contributed by atoms with E-state index in [0.29, 0.717) is 42.9 Å². The number of aromatic nitrogens is 3. The van der Waals surface area contributed by atoms with Gasteiger partial charge in [0.2, 0.25) is 5.89 Å². The van der Waals surface area contributed by atoms with E-state index in [-0.39, 0.29) is 0 Å². The van der Waals surface area contributed by atoms with Crippen LogP contribution in [-0.4, -0.2) is 33.9 Å². The maximum atomic E-state index is 5.82. The molecule has 0 fully saturated rings. The number of oxime groups is 1. The van der Waals surface area contributed by atoms with Gasteiger partial charge in [0.1, 0.15) is 22.2 Å². The van der Waals surface area contributed by atoms with E-state index in [2.05, 4.69) is 26.7 Å². The van der Waals surface area contributed by atoms with Gasteiger partial charge in [0.25, 0.3) is 0 Å². The molecule has 4 heterocycles. The van der Waals surface area contributed by atoms with Crippen molar-refractivity contribution in [2.24, 2.45) is 5.16 Å². The van der Waals surface area contributed by atoms with Crippen molar-refractivity contribution in [2.45, 2.75) is 13.3 Å². The molecule has 8 heteroatoms. The van der Waals surface area contributed by atoms with Crippen molar-refractivity contribution >= 4 is 17.0 Å². The topological polar surface area (TPSA) is 82.6 Å². The quantitative estimate of drug-likeness (QED) is 0.386. The highest BCUT2D eigenvalue weighted by atomic mass is 32.1. The third kappa shape index (κ3) is 3.11. The van der Waals surface area contributed by atoms with Gasteiger partial charge < -0.3 is 14.0 Å². The summed E-state index contributed by atoms with van der Waals surface area (Å²) in [6.45, 7) is 6.35. The first-order chi connectivity index (χ1) is 12.8. The number of nitrogens with zero attached hydrogens (tertiary/aromatic N) is 4. The van der Waals surface area contributed by atoms with Crippen LogP contribution < -0.4 is 4.74 Å². The van der Waals surface area contributed by atoms with Crippen LogP contribution in [0.4, 0.5) is 0 Å². The molecule has 0 radical (unpaired) electrons. The summed E-state index contributed by atoms with van der Waals surface area (Å²) in [7, 11) is 0. The van der Waals surface area contributed by atoms with Gasteiger partial charge >= 0.3 is 5.95 Å². The van der Waals surface area contributed by atoms with Crippen LogP contribution in [0.25, 0.3) is 21.3 Å². The fourth-order valence-corrected chi connectivity index (χ4v) is 3.49. The van der Waals surface area contributed by atoms with Gasteiger partial charge in [-0.05, 0) is 19.1 Å². The molecule has 0 N–H and O–H groups in total. The van der Waals surface area contributed by atoms with Crippen molar-refractivity contribution in [3.8, 4) is 27.3 Å². The number of hydrogen-bond acceptors (Lipinski definition) is 8. The Balaban J connectivity index is 1.69. The number of hydrogen-bond donors (Lipinski definition) is 0. The lowest BCUT2D eigenvalue weighted by Crippen LogP contribution is -2.16. The number of oxazole rings is 1. The predicted molar refractivity (Wildman–Crippen MR) is 98.4 cm³/mol. The second-order valence-corrected chi connectivity index (χ2v) is 6.55. The molecule has 0 saturated heterocycles. The third-order valence-corrected chi connectivity index (χ3v) is 4.90. The molecule has 0 spiro atoms. The zero-order valence-electron chi connectivity index (χ0n) is 14.1. The molecular formula is C18H16N4O3S. The van der Waals surface area contributed by atoms with Crippen molar-refractivity contribution in [3.63, 3.8) is 0 Å². The highest BCUT2D eigenvalue weighted by Gasteiger charge is 2.27. The van der Waals surface area contributed by atoms with Crippen molar-refractivity contribution in [1.29, 1.82) is 0 Å². The summed E-state index contributed by atoms with van der Waals surface area (Å²) in [4.78, 5) is 19.4. The van der Waals surface area contributed by atoms with Crippen LogP contribution in [0.3, 0.4) is 0 Å². The molecule has 0 saturated carbocycles. The van der Waals surface area contributed by atoms with Crippen LogP contribution in [0.15, 0.2) is 46.8 Å². The molecule has 0 amide bonds. The number of pyridine rings is 1. The summed E-state index contributed by atoms with van der Waals surface area (Å²) in [5.74, 6) is 0.835. The van der Waals surface area contributed by atoms with Crippen LogP contribution in [-0.2, 0) is 4.84 Å². The Morgan fingerprint density at radius 1 is 1.42 bits per heavy atom. The maximum Gasteiger partial charge on any atom is 0.315 e. The summed E-state index contributed by atoms with van der Waals surface area (Å²) < 4.78 is 11.4. The molecule has 26 heavy (non-hydrogen) atoms. The first-order valence-electron chi connectivity index (χ1n) is 8.08. The fourth-order valence-electron chi connectivity index (χ4n) is 2.51. The highest BCUT2D eigenvalue weighted by Crippen LogP contribution is 2.38. The van der Waals surface area contributed by atoms with Gasteiger partial charge in [-0.25, -0.2) is 9.97 Å². The van der Waals surface area contributed by atoms with Gasteiger partial charge in [0.05, 0.1) is 12.3 Å². The summed E-state index contributed by atoms with van der Waals surface area (Å²) in [5.41, 5.74) is 3.08. The predicted octanol–water partition coefficient (Wildman–Crippen LogP) is 3.86. The number of fused-ring (bicyclic) bond motifs is 1. The second kappa shape index (κ2) is 7.09. The maximum absolute atomic E-state index is 5.82. The lowest BCUT2D eigenvalue weighted by Gasteiger charge is -2.11. The van der Waals surface area contributed by atoms with Crippen LogP contribution in [0.2, 0.25) is 0 Å². The Labute approximate surface area is 154 Å². The molecule has 7 nitrogen and oxygen atoms in total. The van der Waals surface area contributed by atoms with E-state index >= 15 is 0 Å². The van der Waals surface area contributed by atoms with Crippen molar-refractivity contribution in [1.82, 2.24) is 15.0 Å². The largest absolute Gasteiger partial charge is 0.463 e. The lowest BCUT2D eigenvalue weighted by atomic mass is 10.2. The molecule has 4 rings (SSSR count). The number of rotatable bonds is 5. The average Bonchev–Trinajstić information content (AvgIpc) is 3.26. The Morgan fingerprint density at radius 2 is 2.35 bits per heavy atom. The minimum absolute atomic E-state index is 0.340. The monoisotopic (exact) mass is 368 g/mol. The third-order valence-electron chi connectivity index (χ3n) is 3.71. The summed E-state index contributed by atoms with van der Waals surface area (Å²) in [6, 6.07) is 3.86. The second-order valence-electron chi connectivity index (χ2n) is 5.55. The molecule has 0 bridgehead atoms. The van der Waals surface area contributed by atoms with Crippen LogP contribution >= 0.6 is 11.3 Å².